The average molecular weight is 416 g/mol. The number of rotatable bonds is 6. The quantitative estimate of drug-likeness (QED) is 0.605. The molecule has 3 aromatic rings. The Balaban J connectivity index is 1.45. The van der Waals surface area contributed by atoms with Crippen molar-refractivity contribution in [2.24, 2.45) is 0 Å². The van der Waals surface area contributed by atoms with E-state index in [9.17, 15) is 10.1 Å². The molecule has 0 bridgehead atoms. The maximum atomic E-state index is 12.7. The van der Waals surface area contributed by atoms with Gasteiger partial charge < -0.3 is 19.0 Å². The van der Waals surface area contributed by atoms with Crippen molar-refractivity contribution in [3.63, 3.8) is 0 Å². The molecule has 7 nitrogen and oxygen atoms in total. The minimum absolute atomic E-state index is 0.0180. The van der Waals surface area contributed by atoms with Crippen molar-refractivity contribution in [3.05, 3.63) is 65.9 Å². The molecule has 0 saturated carbocycles. The molecule has 31 heavy (non-hydrogen) atoms. The minimum atomic E-state index is 0.0180. The fourth-order valence-electron chi connectivity index (χ4n) is 3.51. The van der Waals surface area contributed by atoms with Gasteiger partial charge in [-0.05, 0) is 42.8 Å². The van der Waals surface area contributed by atoms with Crippen molar-refractivity contribution >= 4 is 11.8 Å². The van der Waals surface area contributed by atoms with Crippen molar-refractivity contribution in [1.82, 2.24) is 9.88 Å². The average Bonchev–Trinajstić information content (AvgIpc) is 3.28. The third-order valence-electron chi connectivity index (χ3n) is 5.16. The number of carbonyl (C=O) groups is 1. The van der Waals surface area contributed by atoms with E-state index in [-0.39, 0.29) is 11.6 Å². The van der Waals surface area contributed by atoms with E-state index in [1.807, 2.05) is 64.4 Å². The molecule has 0 N–H and O–H groups in total. The van der Waals surface area contributed by atoms with Crippen LogP contribution in [0.3, 0.4) is 0 Å². The zero-order chi connectivity index (χ0) is 21.6. The molecule has 158 valence electrons. The molecule has 0 aliphatic carbocycles. The number of anilines is 1. The summed E-state index contributed by atoms with van der Waals surface area (Å²) < 4.78 is 11.6. The first-order valence-electron chi connectivity index (χ1n) is 10.4. The molecule has 4 rings (SSSR count). The Bertz CT molecular complexity index is 1060. The van der Waals surface area contributed by atoms with E-state index in [0.29, 0.717) is 50.1 Å². The van der Waals surface area contributed by atoms with Crippen molar-refractivity contribution in [1.29, 1.82) is 5.26 Å². The minimum Gasteiger partial charge on any atom is -0.494 e. The Morgan fingerprint density at radius 3 is 2.45 bits per heavy atom. The molecule has 1 saturated heterocycles. The Hall–Kier alpha value is -3.79. The molecule has 1 aromatic heterocycles. The molecule has 2 heterocycles. The Morgan fingerprint density at radius 1 is 1.10 bits per heavy atom. The van der Waals surface area contributed by atoms with Crippen molar-refractivity contribution < 1.29 is 13.9 Å². The predicted octanol–water partition coefficient (Wildman–Crippen LogP) is 3.96. The highest BCUT2D eigenvalue weighted by molar-refractivity contribution is 5.94. The second-order valence-corrected chi connectivity index (χ2v) is 7.30. The molecule has 1 fully saturated rings. The maximum absolute atomic E-state index is 12.7. The van der Waals surface area contributed by atoms with Gasteiger partial charge >= 0.3 is 0 Å². The van der Waals surface area contributed by atoms with Gasteiger partial charge in [0.1, 0.15) is 11.8 Å². The lowest BCUT2D eigenvalue weighted by Gasteiger charge is -2.34. The highest BCUT2D eigenvalue weighted by atomic mass is 16.5. The first kappa shape index (κ1) is 20.5. The number of nitrogens with zero attached hydrogens (tertiary/aromatic N) is 4. The fraction of sp³-hybridized carbons (Fsp3) is 0.292. The number of piperazine rings is 1. The van der Waals surface area contributed by atoms with Gasteiger partial charge in [0.25, 0.3) is 5.91 Å². The van der Waals surface area contributed by atoms with Gasteiger partial charge in [-0.1, -0.05) is 25.1 Å². The smallest absolute Gasteiger partial charge is 0.253 e. The van der Waals surface area contributed by atoms with E-state index >= 15 is 0 Å². The van der Waals surface area contributed by atoms with Crippen LogP contribution in [-0.2, 0) is 0 Å². The lowest BCUT2D eigenvalue weighted by atomic mass is 10.2. The summed E-state index contributed by atoms with van der Waals surface area (Å²) in [6.07, 6.45) is 0.945. The zero-order valence-corrected chi connectivity index (χ0v) is 17.5. The van der Waals surface area contributed by atoms with Gasteiger partial charge in [-0.15, -0.1) is 0 Å². The number of amides is 1. The number of hydrogen-bond donors (Lipinski definition) is 0. The summed E-state index contributed by atoms with van der Waals surface area (Å²) in [6.45, 7) is 4.98. The topological polar surface area (TPSA) is 82.6 Å². The lowest BCUT2D eigenvalue weighted by Crippen LogP contribution is -2.48. The first-order chi connectivity index (χ1) is 15.2. The predicted molar refractivity (Wildman–Crippen MR) is 117 cm³/mol. The van der Waals surface area contributed by atoms with E-state index in [1.54, 1.807) is 0 Å². The number of ether oxygens (including phenoxy) is 1. The van der Waals surface area contributed by atoms with Gasteiger partial charge in [-0.2, -0.15) is 10.2 Å². The van der Waals surface area contributed by atoms with Crippen LogP contribution >= 0.6 is 0 Å². The molecule has 7 heteroatoms. The van der Waals surface area contributed by atoms with Crippen LogP contribution in [0.4, 0.5) is 5.88 Å². The summed E-state index contributed by atoms with van der Waals surface area (Å²) in [7, 11) is 0. The van der Waals surface area contributed by atoms with E-state index in [1.165, 1.54) is 0 Å². The molecule has 1 amide bonds. The third kappa shape index (κ3) is 4.53. The molecule has 0 spiro atoms. The lowest BCUT2D eigenvalue weighted by molar-refractivity contribution is 0.0745. The Kier molecular flexibility index (Phi) is 6.18. The van der Waals surface area contributed by atoms with Crippen LogP contribution in [-0.4, -0.2) is 48.6 Å². The molecule has 2 aromatic carbocycles. The summed E-state index contributed by atoms with van der Waals surface area (Å²) in [5, 5.41) is 9.56. The van der Waals surface area contributed by atoms with Crippen LogP contribution in [0.15, 0.2) is 59.0 Å². The largest absolute Gasteiger partial charge is 0.494 e. The second-order valence-electron chi connectivity index (χ2n) is 7.30. The number of oxazole rings is 1. The van der Waals surface area contributed by atoms with Crippen LogP contribution in [0.1, 0.15) is 29.4 Å². The summed E-state index contributed by atoms with van der Waals surface area (Å²) in [6, 6.07) is 18.9. The molecule has 0 radical (unpaired) electrons. The third-order valence-corrected chi connectivity index (χ3v) is 5.16. The number of nitriles is 1. The van der Waals surface area contributed by atoms with Gasteiger partial charge in [0, 0.05) is 37.3 Å². The monoisotopic (exact) mass is 416 g/mol. The highest BCUT2D eigenvalue weighted by Gasteiger charge is 2.27. The van der Waals surface area contributed by atoms with Crippen LogP contribution < -0.4 is 9.64 Å². The van der Waals surface area contributed by atoms with Crippen molar-refractivity contribution in [3.8, 4) is 23.3 Å². The maximum Gasteiger partial charge on any atom is 0.253 e. The molecular weight excluding hydrogens is 392 g/mol. The standard InChI is InChI=1S/C24H24N4O3/c1-2-16-30-20-10-8-18(9-11-20)22-26-21(17-25)24(31-22)28-14-12-27(13-15-28)23(29)19-6-4-3-5-7-19/h3-11H,2,12-16H2,1H3. The number of aromatic nitrogens is 1. The van der Waals surface area contributed by atoms with E-state index in [4.69, 9.17) is 9.15 Å². The molecule has 1 aliphatic rings. The summed E-state index contributed by atoms with van der Waals surface area (Å²) in [5.41, 5.74) is 1.72. The van der Waals surface area contributed by atoms with Gasteiger partial charge in [0.2, 0.25) is 17.5 Å². The van der Waals surface area contributed by atoms with Crippen molar-refractivity contribution in [2.45, 2.75) is 13.3 Å². The molecule has 1 aliphatic heterocycles. The Morgan fingerprint density at radius 2 is 1.81 bits per heavy atom. The zero-order valence-electron chi connectivity index (χ0n) is 17.5. The second kappa shape index (κ2) is 9.35. The van der Waals surface area contributed by atoms with Crippen LogP contribution in [0.2, 0.25) is 0 Å². The molecule has 0 atom stereocenters. The van der Waals surface area contributed by atoms with Gasteiger partial charge in [0.05, 0.1) is 6.61 Å². The van der Waals surface area contributed by atoms with Crippen LogP contribution in [0.5, 0.6) is 5.75 Å². The van der Waals surface area contributed by atoms with E-state index in [2.05, 4.69) is 18.0 Å². The fourth-order valence-corrected chi connectivity index (χ4v) is 3.51. The number of hydrogen-bond acceptors (Lipinski definition) is 6. The Labute approximate surface area is 181 Å². The normalized spacial score (nSPS) is 13.7. The van der Waals surface area contributed by atoms with Crippen LogP contribution in [0.25, 0.3) is 11.5 Å². The summed E-state index contributed by atoms with van der Waals surface area (Å²) >= 11 is 0. The van der Waals surface area contributed by atoms with Crippen LogP contribution in [0, 0.1) is 11.3 Å². The molecular formula is C24H24N4O3. The SMILES string of the molecule is CCCOc1ccc(-c2nc(C#N)c(N3CCN(C(=O)c4ccccc4)CC3)o2)cc1. The van der Waals surface area contributed by atoms with Gasteiger partial charge in [-0.25, -0.2) is 0 Å². The van der Waals surface area contributed by atoms with E-state index < -0.39 is 0 Å². The number of benzene rings is 2. The molecule has 0 unspecified atom stereocenters. The summed E-state index contributed by atoms with van der Waals surface area (Å²) in [4.78, 5) is 20.8. The van der Waals surface area contributed by atoms with E-state index in [0.717, 1.165) is 17.7 Å². The number of carbonyl (C=O) groups excluding carboxylic acids is 1. The first-order valence-corrected chi connectivity index (χ1v) is 10.4. The van der Waals surface area contributed by atoms with Crippen molar-refractivity contribution in [2.75, 3.05) is 37.7 Å². The van der Waals surface area contributed by atoms with Gasteiger partial charge in [-0.3, -0.25) is 4.79 Å². The summed E-state index contributed by atoms with van der Waals surface area (Å²) in [5.74, 6) is 1.66. The van der Waals surface area contributed by atoms with Gasteiger partial charge in [0.15, 0.2) is 0 Å². The highest BCUT2D eigenvalue weighted by Crippen LogP contribution is 2.30.